The van der Waals surface area contributed by atoms with Gasteiger partial charge in [0.05, 0.1) is 5.56 Å². The van der Waals surface area contributed by atoms with Crippen LogP contribution in [0, 0.1) is 6.92 Å². The summed E-state index contributed by atoms with van der Waals surface area (Å²) < 4.78 is 41.4. The number of halogens is 3. The molecule has 0 unspecified atom stereocenters. The number of fused-ring (bicyclic) bond motifs is 1. The van der Waals surface area contributed by atoms with Gasteiger partial charge in [-0.25, -0.2) is 4.98 Å². The molecule has 0 bridgehead atoms. The number of anilines is 1. The van der Waals surface area contributed by atoms with E-state index in [1.54, 1.807) is 6.07 Å². The lowest BCUT2D eigenvalue weighted by Crippen LogP contribution is -2.30. The average molecular weight is 552 g/mol. The van der Waals surface area contributed by atoms with Crippen LogP contribution in [0.25, 0.3) is 22.2 Å². The Morgan fingerprint density at radius 1 is 1.00 bits per heavy atom. The van der Waals surface area contributed by atoms with Crippen LogP contribution in [0.15, 0.2) is 60.8 Å². The van der Waals surface area contributed by atoms with Crippen LogP contribution >= 0.6 is 0 Å². The van der Waals surface area contributed by atoms with Crippen molar-refractivity contribution in [2.45, 2.75) is 39.3 Å². The second kappa shape index (κ2) is 13.1. The summed E-state index contributed by atoms with van der Waals surface area (Å²) >= 11 is 0. The Balaban J connectivity index is 1.33. The molecule has 0 aliphatic heterocycles. The number of pyridine rings is 1. The summed E-state index contributed by atoms with van der Waals surface area (Å²) in [6.07, 6.45) is -1.76. The van der Waals surface area contributed by atoms with E-state index < -0.39 is 11.7 Å². The van der Waals surface area contributed by atoms with Gasteiger partial charge in [-0.05, 0) is 74.3 Å². The molecule has 0 saturated heterocycles. The van der Waals surface area contributed by atoms with Crippen molar-refractivity contribution < 1.29 is 18.0 Å². The number of nitrogens with zero attached hydrogens (tertiary/aromatic N) is 2. The predicted octanol–water partition coefficient (Wildman–Crippen LogP) is 6.21. The number of benzene rings is 2. The molecule has 0 aliphatic carbocycles. The van der Waals surface area contributed by atoms with E-state index in [2.05, 4.69) is 32.7 Å². The van der Waals surface area contributed by atoms with E-state index in [0.29, 0.717) is 13.0 Å². The largest absolute Gasteiger partial charge is 0.416 e. The number of aromatic amines is 1. The van der Waals surface area contributed by atoms with Crippen LogP contribution in [-0.4, -0.2) is 54.0 Å². The van der Waals surface area contributed by atoms with Crippen molar-refractivity contribution in [2.75, 3.05) is 38.5 Å². The minimum atomic E-state index is -4.50. The van der Waals surface area contributed by atoms with Crippen LogP contribution in [0.5, 0.6) is 0 Å². The highest BCUT2D eigenvalue weighted by atomic mass is 19.4. The monoisotopic (exact) mass is 551 g/mol. The number of rotatable bonds is 12. The summed E-state index contributed by atoms with van der Waals surface area (Å²) in [5.74, 6) is -0.328. The first-order chi connectivity index (χ1) is 19.1. The van der Waals surface area contributed by atoms with Gasteiger partial charge in [-0.3, -0.25) is 4.79 Å². The van der Waals surface area contributed by atoms with Gasteiger partial charge in [0, 0.05) is 54.6 Å². The molecule has 0 fully saturated rings. The molecule has 4 rings (SSSR count). The molecule has 0 aliphatic rings. The van der Waals surface area contributed by atoms with E-state index >= 15 is 0 Å². The summed E-state index contributed by atoms with van der Waals surface area (Å²) in [7, 11) is 1.90. The predicted molar refractivity (Wildman–Crippen MR) is 154 cm³/mol. The first-order valence-corrected chi connectivity index (χ1v) is 13.6. The third kappa shape index (κ3) is 7.92. The molecule has 4 aromatic rings. The maximum Gasteiger partial charge on any atom is 0.416 e. The molecular weight excluding hydrogens is 515 g/mol. The molecule has 2 heterocycles. The molecule has 212 valence electrons. The molecule has 0 atom stereocenters. The minimum absolute atomic E-state index is 0.153. The number of nitrogens with one attached hydrogen (secondary N) is 3. The summed E-state index contributed by atoms with van der Waals surface area (Å²) in [6.45, 7) is 6.91. The Bertz CT molecular complexity index is 1430. The van der Waals surface area contributed by atoms with Crippen molar-refractivity contribution in [1.29, 1.82) is 0 Å². The van der Waals surface area contributed by atoms with Gasteiger partial charge >= 0.3 is 6.18 Å². The quantitative estimate of drug-likeness (QED) is 0.183. The van der Waals surface area contributed by atoms with Gasteiger partial charge in [-0.2, -0.15) is 13.2 Å². The van der Waals surface area contributed by atoms with E-state index in [9.17, 15) is 18.0 Å². The number of hydrogen-bond acceptors (Lipinski definition) is 4. The fraction of sp³-hybridized carbons (Fsp3) is 0.355. The van der Waals surface area contributed by atoms with Gasteiger partial charge in [0.25, 0.3) is 0 Å². The molecule has 0 spiro atoms. The van der Waals surface area contributed by atoms with E-state index in [4.69, 9.17) is 0 Å². The molecule has 3 N–H and O–H groups in total. The zero-order valence-electron chi connectivity index (χ0n) is 23.2. The van der Waals surface area contributed by atoms with E-state index in [1.807, 2.05) is 56.3 Å². The van der Waals surface area contributed by atoms with Crippen LogP contribution in [0.4, 0.5) is 18.9 Å². The van der Waals surface area contributed by atoms with Gasteiger partial charge < -0.3 is 20.5 Å². The second-order valence-corrected chi connectivity index (χ2v) is 10.1. The highest BCUT2D eigenvalue weighted by Crippen LogP contribution is 2.34. The van der Waals surface area contributed by atoms with Crippen molar-refractivity contribution in [2.24, 2.45) is 0 Å². The van der Waals surface area contributed by atoms with Crippen LogP contribution in [0.2, 0.25) is 0 Å². The lowest BCUT2D eigenvalue weighted by Gasteiger charge is -2.19. The zero-order valence-corrected chi connectivity index (χ0v) is 23.2. The smallest absolute Gasteiger partial charge is 0.344 e. The van der Waals surface area contributed by atoms with Crippen molar-refractivity contribution in [3.8, 4) is 11.1 Å². The average Bonchev–Trinajstić information content (AvgIpc) is 3.30. The van der Waals surface area contributed by atoms with E-state index in [-0.39, 0.29) is 30.0 Å². The van der Waals surface area contributed by atoms with Crippen LogP contribution in [0.1, 0.15) is 35.7 Å². The Morgan fingerprint density at radius 3 is 2.50 bits per heavy atom. The number of alkyl halides is 3. The Kier molecular flexibility index (Phi) is 9.60. The van der Waals surface area contributed by atoms with Crippen LogP contribution < -0.4 is 10.6 Å². The van der Waals surface area contributed by atoms with Gasteiger partial charge in [0.15, 0.2) is 0 Å². The lowest BCUT2D eigenvalue weighted by molar-refractivity contribution is -0.138. The van der Waals surface area contributed by atoms with Gasteiger partial charge in [-0.1, -0.05) is 37.3 Å². The summed E-state index contributed by atoms with van der Waals surface area (Å²) in [5, 5.41) is 6.89. The van der Waals surface area contributed by atoms with Crippen molar-refractivity contribution in [1.82, 2.24) is 20.2 Å². The number of H-pyrrole nitrogens is 1. The second-order valence-electron chi connectivity index (χ2n) is 10.1. The Hall–Kier alpha value is -3.69. The maximum atomic E-state index is 13.8. The number of carbonyl (C=O) groups excluding carboxylic acids is 1. The van der Waals surface area contributed by atoms with Gasteiger partial charge in [-0.15, -0.1) is 0 Å². The number of hydrogen-bond donors (Lipinski definition) is 3. The van der Waals surface area contributed by atoms with Crippen LogP contribution in [-0.2, 0) is 23.8 Å². The van der Waals surface area contributed by atoms with E-state index in [0.717, 1.165) is 59.1 Å². The molecule has 0 saturated carbocycles. The SMILES string of the molecule is CCNCCN(C)CCc1ccc(NC(=O)CCc2ccc(-c3cnc4[nH]c(C)cc4c3)cc2)cc1C(F)(F)F. The fourth-order valence-corrected chi connectivity index (χ4v) is 4.66. The summed E-state index contributed by atoms with van der Waals surface area (Å²) in [6, 6.07) is 16.1. The minimum Gasteiger partial charge on any atom is -0.344 e. The standard InChI is InChI=1S/C31H36F3N5O/c1-4-35-14-16-39(3)15-13-24-10-11-27(19-28(24)31(32,33)34)38-29(40)12-7-22-5-8-23(9-6-22)26-18-25-17-21(2)37-30(25)36-20-26/h5-6,8-11,17-20,35H,4,7,12-16H2,1-3H3,(H,36,37)(H,38,40). The number of carbonyl (C=O) groups is 1. The summed E-state index contributed by atoms with van der Waals surface area (Å²) in [4.78, 5) is 22.3. The van der Waals surface area contributed by atoms with E-state index in [1.165, 1.54) is 6.07 Å². The number of likely N-dealkylation sites (N-methyl/N-ethyl adjacent to an activating group) is 2. The highest BCUT2D eigenvalue weighted by Gasteiger charge is 2.33. The Morgan fingerprint density at radius 2 is 1.77 bits per heavy atom. The highest BCUT2D eigenvalue weighted by molar-refractivity contribution is 5.91. The van der Waals surface area contributed by atoms with Crippen molar-refractivity contribution >= 4 is 22.6 Å². The molecule has 40 heavy (non-hydrogen) atoms. The molecule has 0 radical (unpaired) electrons. The third-order valence-corrected chi connectivity index (χ3v) is 6.91. The number of aromatic nitrogens is 2. The van der Waals surface area contributed by atoms with Crippen molar-refractivity contribution in [3.05, 3.63) is 83.2 Å². The first kappa shape index (κ1) is 29.3. The van der Waals surface area contributed by atoms with Gasteiger partial charge in [0.1, 0.15) is 5.65 Å². The molecule has 9 heteroatoms. The number of amides is 1. The number of aryl methyl sites for hydroxylation is 2. The fourth-order valence-electron chi connectivity index (χ4n) is 4.66. The zero-order chi connectivity index (χ0) is 28.7. The third-order valence-electron chi connectivity index (χ3n) is 6.91. The molecule has 1 amide bonds. The molecular formula is C31H36F3N5O. The first-order valence-electron chi connectivity index (χ1n) is 13.6. The lowest BCUT2D eigenvalue weighted by atomic mass is 10.0. The molecule has 6 nitrogen and oxygen atoms in total. The van der Waals surface area contributed by atoms with Crippen LogP contribution in [0.3, 0.4) is 0 Å². The maximum absolute atomic E-state index is 13.8. The van der Waals surface area contributed by atoms with Crippen molar-refractivity contribution in [3.63, 3.8) is 0 Å². The molecule has 2 aromatic heterocycles. The molecule has 2 aromatic carbocycles. The normalized spacial score (nSPS) is 11.9. The Labute approximate surface area is 233 Å². The topological polar surface area (TPSA) is 73.0 Å². The summed E-state index contributed by atoms with van der Waals surface area (Å²) in [5.41, 5.74) is 4.56. The van der Waals surface area contributed by atoms with Gasteiger partial charge in [0.2, 0.25) is 5.91 Å².